The summed E-state index contributed by atoms with van der Waals surface area (Å²) in [6.07, 6.45) is 0. The molecule has 1 aliphatic heterocycles. The Hall–Kier alpha value is -2.98. The van der Waals surface area contributed by atoms with Gasteiger partial charge >= 0.3 is 0 Å². The Kier molecular flexibility index (Phi) is 6.14. The van der Waals surface area contributed by atoms with E-state index >= 15 is 0 Å². The molecule has 1 heterocycles. The highest BCUT2D eigenvalue weighted by atomic mass is 32.2. The second-order valence-electron chi connectivity index (χ2n) is 6.43. The lowest BCUT2D eigenvalue weighted by Crippen LogP contribution is -2.50. The van der Waals surface area contributed by atoms with Crippen molar-refractivity contribution in [2.75, 3.05) is 32.8 Å². The van der Waals surface area contributed by atoms with Gasteiger partial charge in [-0.2, -0.15) is 4.31 Å². The van der Waals surface area contributed by atoms with Crippen molar-refractivity contribution < 1.29 is 27.1 Å². The summed E-state index contributed by atoms with van der Waals surface area (Å²) < 4.78 is 45.0. The van der Waals surface area contributed by atoms with Crippen molar-refractivity contribution in [1.29, 1.82) is 0 Å². The van der Waals surface area contributed by atoms with Gasteiger partial charge in [0.2, 0.25) is 10.0 Å². The number of piperazine rings is 1. The maximum absolute atomic E-state index is 13.4. The smallest absolute Gasteiger partial charge is 0.255 e. The minimum absolute atomic E-state index is 0.108. The standard InChI is InChI=1S/C19H20FN3O5S/c20-15-2-1-3-17(12-15)29(26,27)23-10-8-22(9-11-23)19(25)14-4-6-16(7-5-14)28-13-18(21)24/h1-7,12H,8-11,13H2,(H2,21,24). The van der Waals surface area contributed by atoms with Crippen LogP contribution in [0.5, 0.6) is 5.75 Å². The van der Waals surface area contributed by atoms with Crippen molar-refractivity contribution in [3.63, 3.8) is 0 Å². The number of nitrogens with two attached hydrogens (primary N) is 1. The molecule has 2 aromatic carbocycles. The number of benzene rings is 2. The zero-order valence-corrected chi connectivity index (χ0v) is 16.3. The summed E-state index contributed by atoms with van der Waals surface area (Å²) in [7, 11) is -3.82. The second-order valence-corrected chi connectivity index (χ2v) is 8.37. The van der Waals surface area contributed by atoms with Gasteiger partial charge in [-0.25, -0.2) is 12.8 Å². The Morgan fingerprint density at radius 2 is 1.69 bits per heavy atom. The minimum Gasteiger partial charge on any atom is -0.484 e. The van der Waals surface area contributed by atoms with Crippen LogP contribution in [0, 0.1) is 5.82 Å². The summed E-state index contributed by atoms with van der Waals surface area (Å²) in [4.78, 5) is 24.8. The van der Waals surface area contributed by atoms with Crippen LogP contribution in [0.2, 0.25) is 0 Å². The number of carbonyl (C=O) groups is 2. The third-order valence-corrected chi connectivity index (χ3v) is 6.34. The summed E-state index contributed by atoms with van der Waals surface area (Å²) in [6.45, 7) is 0.407. The Balaban J connectivity index is 1.61. The molecule has 3 rings (SSSR count). The van der Waals surface area contributed by atoms with Gasteiger partial charge in [-0.1, -0.05) is 6.07 Å². The second kappa shape index (κ2) is 8.58. The van der Waals surface area contributed by atoms with E-state index in [2.05, 4.69) is 0 Å². The van der Waals surface area contributed by atoms with Gasteiger partial charge in [-0.15, -0.1) is 0 Å². The van der Waals surface area contributed by atoms with E-state index in [1.54, 1.807) is 29.2 Å². The lowest BCUT2D eigenvalue weighted by atomic mass is 10.2. The molecule has 2 aromatic rings. The molecule has 2 N–H and O–H groups in total. The number of nitrogens with zero attached hydrogens (tertiary/aromatic N) is 2. The number of carbonyl (C=O) groups excluding carboxylic acids is 2. The monoisotopic (exact) mass is 421 g/mol. The Morgan fingerprint density at radius 3 is 2.28 bits per heavy atom. The zero-order chi connectivity index (χ0) is 21.0. The van der Waals surface area contributed by atoms with Crippen LogP contribution in [0.25, 0.3) is 0 Å². The van der Waals surface area contributed by atoms with Crippen LogP contribution in [0.15, 0.2) is 53.4 Å². The average Bonchev–Trinajstić information content (AvgIpc) is 2.72. The molecule has 10 heteroatoms. The van der Waals surface area contributed by atoms with Crippen LogP contribution in [0.3, 0.4) is 0 Å². The van der Waals surface area contributed by atoms with E-state index in [4.69, 9.17) is 10.5 Å². The fraction of sp³-hybridized carbons (Fsp3) is 0.263. The molecular weight excluding hydrogens is 401 g/mol. The Bertz CT molecular complexity index is 1000. The van der Waals surface area contributed by atoms with Gasteiger partial charge in [0.1, 0.15) is 11.6 Å². The fourth-order valence-corrected chi connectivity index (χ4v) is 4.39. The first-order chi connectivity index (χ1) is 13.8. The molecule has 0 bridgehead atoms. The number of sulfonamides is 1. The first-order valence-corrected chi connectivity index (χ1v) is 10.3. The number of rotatable bonds is 6. The molecule has 2 amide bonds. The molecule has 0 atom stereocenters. The molecule has 0 aliphatic carbocycles. The van der Waals surface area contributed by atoms with Crippen molar-refractivity contribution in [2.24, 2.45) is 5.73 Å². The summed E-state index contributed by atoms with van der Waals surface area (Å²) in [5, 5.41) is 0. The summed E-state index contributed by atoms with van der Waals surface area (Å²) in [5.74, 6) is -1.06. The number of halogens is 1. The highest BCUT2D eigenvalue weighted by Crippen LogP contribution is 2.20. The molecule has 0 saturated carbocycles. The van der Waals surface area contributed by atoms with Crippen LogP contribution < -0.4 is 10.5 Å². The molecular formula is C19H20FN3O5S. The minimum atomic E-state index is -3.82. The summed E-state index contributed by atoms with van der Waals surface area (Å²) in [6, 6.07) is 11.1. The van der Waals surface area contributed by atoms with Gasteiger partial charge in [-0.3, -0.25) is 9.59 Å². The van der Waals surface area contributed by atoms with Crippen molar-refractivity contribution >= 4 is 21.8 Å². The summed E-state index contributed by atoms with van der Waals surface area (Å²) >= 11 is 0. The number of primary amides is 1. The van der Waals surface area contributed by atoms with Crippen LogP contribution in [-0.4, -0.2) is 62.2 Å². The van der Waals surface area contributed by atoms with Crippen LogP contribution in [-0.2, 0) is 14.8 Å². The fourth-order valence-electron chi connectivity index (χ4n) is 2.94. The van der Waals surface area contributed by atoms with Crippen LogP contribution in [0.1, 0.15) is 10.4 Å². The highest BCUT2D eigenvalue weighted by molar-refractivity contribution is 7.89. The summed E-state index contributed by atoms with van der Waals surface area (Å²) in [5.41, 5.74) is 5.43. The van der Waals surface area contributed by atoms with Crippen LogP contribution >= 0.6 is 0 Å². The van der Waals surface area contributed by atoms with Crippen molar-refractivity contribution in [2.45, 2.75) is 4.90 Å². The van der Waals surface area contributed by atoms with Crippen molar-refractivity contribution in [3.8, 4) is 5.75 Å². The van der Waals surface area contributed by atoms with Gasteiger partial charge in [0.05, 0.1) is 4.90 Å². The molecule has 1 aliphatic rings. The van der Waals surface area contributed by atoms with Gasteiger partial charge in [0.15, 0.2) is 6.61 Å². The van der Waals surface area contributed by atoms with E-state index in [1.165, 1.54) is 22.5 Å². The Morgan fingerprint density at radius 1 is 1.03 bits per heavy atom. The van der Waals surface area contributed by atoms with Gasteiger partial charge < -0.3 is 15.4 Å². The Labute approximate surface area is 167 Å². The molecule has 154 valence electrons. The predicted octanol–water partition coefficient (Wildman–Crippen LogP) is 0.837. The van der Waals surface area contributed by atoms with Crippen molar-refractivity contribution in [3.05, 3.63) is 59.9 Å². The van der Waals surface area contributed by atoms with E-state index in [0.717, 1.165) is 6.07 Å². The molecule has 0 spiro atoms. The third-order valence-electron chi connectivity index (χ3n) is 4.44. The molecule has 0 radical (unpaired) electrons. The van der Waals surface area contributed by atoms with Gasteiger partial charge in [0, 0.05) is 31.7 Å². The van der Waals surface area contributed by atoms with E-state index in [1.807, 2.05) is 0 Å². The van der Waals surface area contributed by atoms with E-state index in [-0.39, 0.29) is 43.6 Å². The molecule has 0 aromatic heterocycles. The topological polar surface area (TPSA) is 110 Å². The number of hydrogen-bond acceptors (Lipinski definition) is 5. The van der Waals surface area contributed by atoms with Gasteiger partial charge in [0.25, 0.3) is 11.8 Å². The quantitative estimate of drug-likeness (QED) is 0.743. The lowest BCUT2D eigenvalue weighted by Gasteiger charge is -2.34. The van der Waals surface area contributed by atoms with Crippen LogP contribution in [0.4, 0.5) is 4.39 Å². The molecule has 0 unspecified atom stereocenters. The van der Waals surface area contributed by atoms with E-state index in [9.17, 15) is 22.4 Å². The van der Waals surface area contributed by atoms with E-state index in [0.29, 0.717) is 11.3 Å². The van der Waals surface area contributed by atoms with E-state index < -0.39 is 21.7 Å². The zero-order valence-electron chi connectivity index (χ0n) is 15.5. The largest absolute Gasteiger partial charge is 0.484 e. The van der Waals surface area contributed by atoms with Gasteiger partial charge in [-0.05, 0) is 42.5 Å². The third kappa shape index (κ3) is 4.90. The average molecular weight is 421 g/mol. The lowest BCUT2D eigenvalue weighted by molar-refractivity contribution is -0.119. The number of hydrogen-bond donors (Lipinski definition) is 1. The molecule has 8 nitrogen and oxygen atoms in total. The SMILES string of the molecule is NC(=O)COc1ccc(C(=O)N2CCN(S(=O)(=O)c3cccc(F)c3)CC2)cc1. The number of ether oxygens (including phenoxy) is 1. The van der Waals surface area contributed by atoms with Crippen molar-refractivity contribution in [1.82, 2.24) is 9.21 Å². The molecule has 1 fully saturated rings. The maximum atomic E-state index is 13.4. The normalized spacial score (nSPS) is 15.1. The molecule has 1 saturated heterocycles. The number of amides is 2. The maximum Gasteiger partial charge on any atom is 0.255 e. The predicted molar refractivity (Wildman–Crippen MR) is 102 cm³/mol. The highest BCUT2D eigenvalue weighted by Gasteiger charge is 2.30. The first kappa shape index (κ1) is 20.7. The first-order valence-electron chi connectivity index (χ1n) is 8.83. The molecule has 29 heavy (non-hydrogen) atoms.